The third-order valence-corrected chi connectivity index (χ3v) is 3.85. The smallest absolute Gasteiger partial charge is 0.154 e. The zero-order valence-electron chi connectivity index (χ0n) is 13.1. The van der Waals surface area contributed by atoms with Crippen LogP contribution in [0, 0.1) is 5.41 Å². The van der Waals surface area contributed by atoms with Gasteiger partial charge in [0.25, 0.3) is 0 Å². The number of thioether (sulfide) groups is 1. The van der Waals surface area contributed by atoms with Gasteiger partial charge in [0.2, 0.25) is 0 Å². The van der Waals surface area contributed by atoms with Gasteiger partial charge in [-0.25, -0.2) is 0 Å². The highest BCUT2D eigenvalue weighted by Crippen LogP contribution is 2.18. The van der Waals surface area contributed by atoms with E-state index in [1.807, 2.05) is 20.8 Å². The van der Waals surface area contributed by atoms with Gasteiger partial charge in [0.1, 0.15) is 0 Å². The monoisotopic (exact) mass is 307 g/mol. The average Bonchev–Trinajstić information content (AvgIpc) is 2.37. The molecule has 0 aliphatic heterocycles. The molecule has 3 N–H and O–H groups in total. The maximum Gasteiger partial charge on any atom is 0.154 e. The number of rotatable bonds is 11. The number of aliphatic hydroxyl groups excluding tert-OH is 1. The number of nitrogens with two attached hydrogens (primary N) is 1. The summed E-state index contributed by atoms with van der Waals surface area (Å²) in [6, 6.07) is -0.419. The molecule has 0 aromatic heterocycles. The number of methoxy groups -OCH3 is 1. The van der Waals surface area contributed by atoms with Crippen LogP contribution in [-0.2, 0) is 14.3 Å². The first-order valence-corrected chi connectivity index (χ1v) is 8.07. The van der Waals surface area contributed by atoms with Crippen LogP contribution in [0.3, 0.4) is 0 Å². The topological polar surface area (TPSA) is 81.8 Å². The number of carbonyl (C=O) groups excluding carboxylic acids is 1. The van der Waals surface area contributed by atoms with E-state index in [0.717, 1.165) is 5.75 Å². The SMILES string of the molecule is COCCOCC(O)CSCCC(N)C(=O)C(C)(C)C. The van der Waals surface area contributed by atoms with E-state index in [9.17, 15) is 9.90 Å². The predicted octanol–water partition coefficient (Wildman–Crippen LogP) is 1.08. The summed E-state index contributed by atoms with van der Waals surface area (Å²) in [5, 5.41) is 9.67. The summed E-state index contributed by atoms with van der Waals surface area (Å²) >= 11 is 1.59. The van der Waals surface area contributed by atoms with Gasteiger partial charge in [-0.3, -0.25) is 4.79 Å². The van der Waals surface area contributed by atoms with Gasteiger partial charge in [0.15, 0.2) is 5.78 Å². The zero-order chi connectivity index (χ0) is 15.6. The molecule has 0 heterocycles. The molecular formula is C14H29NO4S. The molecule has 120 valence electrons. The molecule has 0 rings (SSSR count). The van der Waals surface area contributed by atoms with Gasteiger partial charge in [0.05, 0.1) is 32.0 Å². The summed E-state index contributed by atoms with van der Waals surface area (Å²) in [5.74, 6) is 1.43. The Morgan fingerprint density at radius 3 is 2.55 bits per heavy atom. The van der Waals surface area contributed by atoms with E-state index in [-0.39, 0.29) is 5.78 Å². The molecule has 20 heavy (non-hydrogen) atoms. The van der Waals surface area contributed by atoms with Gasteiger partial charge in [-0.15, -0.1) is 0 Å². The zero-order valence-corrected chi connectivity index (χ0v) is 13.9. The Hall–Kier alpha value is -0.140. The molecule has 0 spiro atoms. The minimum absolute atomic E-state index is 0.0848. The molecular weight excluding hydrogens is 278 g/mol. The number of ether oxygens (including phenoxy) is 2. The van der Waals surface area contributed by atoms with Crippen LogP contribution >= 0.6 is 11.8 Å². The maximum atomic E-state index is 11.9. The Bertz CT molecular complexity index is 268. The first-order chi connectivity index (χ1) is 9.29. The van der Waals surface area contributed by atoms with E-state index in [4.69, 9.17) is 15.2 Å². The largest absolute Gasteiger partial charge is 0.390 e. The fraction of sp³-hybridized carbons (Fsp3) is 0.929. The summed E-state index contributed by atoms with van der Waals surface area (Å²) in [5.41, 5.74) is 5.48. The van der Waals surface area contributed by atoms with Gasteiger partial charge in [0, 0.05) is 18.3 Å². The summed E-state index contributed by atoms with van der Waals surface area (Å²) in [7, 11) is 1.61. The second kappa shape index (κ2) is 10.6. The van der Waals surface area contributed by atoms with Crippen molar-refractivity contribution in [2.75, 3.05) is 38.4 Å². The lowest BCUT2D eigenvalue weighted by Crippen LogP contribution is -2.39. The van der Waals surface area contributed by atoms with Crippen molar-refractivity contribution in [3.8, 4) is 0 Å². The van der Waals surface area contributed by atoms with E-state index in [1.54, 1.807) is 18.9 Å². The molecule has 0 aromatic rings. The standard InChI is InChI=1S/C14H29NO4S/c1-14(2,3)13(17)12(15)5-8-20-10-11(16)9-19-7-6-18-4/h11-12,16H,5-10,15H2,1-4H3. The Morgan fingerprint density at radius 1 is 1.35 bits per heavy atom. The van der Waals surface area contributed by atoms with E-state index >= 15 is 0 Å². The second-order valence-corrected chi connectivity index (χ2v) is 6.96. The second-order valence-electron chi connectivity index (χ2n) is 5.81. The summed E-state index contributed by atoms with van der Waals surface area (Å²) < 4.78 is 10.1. The van der Waals surface area contributed by atoms with Crippen LogP contribution in [0.15, 0.2) is 0 Å². The summed E-state index contributed by atoms with van der Waals surface area (Å²) in [4.78, 5) is 11.9. The lowest BCUT2D eigenvalue weighted by Gasteiger charge is -2.21. The highest BCUT2D eigenvalue weighted by atomic mass is 32.2. The number of ketones is 1. The van der Waals surface area contributed by atoms with Gasteiger partial charge in [-0.05, 0) is 12.2 Å². The fourth-order valence-electron chi connectivity index (χ4n) is 1.53. The molecule has 0 amide bonds. The Morgan fingerprint density at radius 2 is 2.00 bits per heavy atom. The van der Waals surface area contributed by atoms with Gasteiger partial charge >= 0.3 is 0 Å². The van der Waals surface area contributed by atoms with E-state index < -0.39 is 17.6 Å². The molecule has 2 unspecified atom stereocenters. The lowest BCUT2D eigenvalue weighted by molar-refractivity contribution is -0.127. The van der Waals surface area contributed by atoms with Crippen LogP contribution in [0.2, 0.25) is 0 Å². The minimum atomic E-state index is -0.494. The van der Waals surface area contributed by atoms with E-state index in [1.165, 1.54) is 0 Å². The molecule has 0 aromatic carbocycles. The Labute approximate surface area is 126 Å². The molecule has 0 saturated carbocycles. The number of Topliss-reactive ketones (excluding diaryl/α,β-unsaturated/α-hetero) is 1. The normalized spacial score (nSPS) is 15.1. The molecule has 0 saturated heterocycles. The Kier molecular flexibility index (Phi) is 10.5. The van der Waals surface area contributed by atoms with E-state index in [0.29, 0.717) is 32.0 Å². The van der Waals surface area contributed by atoms with Crippen molar-refractivity contribution in [1.82, 2.24) is 0 Å². The fourth-order valence-corrected chi connectivity index (χ4v) is 2.48. The lowest BCUT2D eigenvalue weighted by atomic mass is 9.86. The quantitative estimate of drug-likeness (QED) is 0.556. The summed E-state index contributed by atoms with van der Waals surface area (Å²) in [6.07, 6.45) is 0.143. The number of aliphatic hydroxyl groups is 1. The summed E-state index contributed by atoms with van der Waals surface area (Å²) in [6.45, 7) is 6.96. The van der Waals surface area contributed by atoms with Crippen molar-refractivity contribution in [2.24, 2.45) is 11.1 Å². The van der Waals surface area contributed by atoms with Crippen molar-refractivity contribution in [3.05, 3.63) is 0 Å². The minimum Gasteiger partial charge on any atom is -0.390 e. The van der Waals surface area contributed by atoms with Gasteiger partial charge in [-0.2, -0.15) is 11.8 Å². The van der Waals surface area contributed by atoms with Crippen LogP contribution in [0.1, 0.15) is 27.2 Å². The molecule has 5 nitrogen and oxygen atoms in total. The first kappa shape index (κ1) is 19.9. The first-order valence-electron chi connectivity index (χ1n) is 6.91. The van der Waals surface area contributed by atoms with Crippen LogP contribution in [-0.4, -0.2) is 61.5 Å². The molecule has 6 heteroatoms. The molecule has 0 radical (unpaired) electrons. The Balaban J connectivity index is 3.63. The van der Waals surface area contributed by atoms with Gasteiger partial charge < -0.3 is 20.3 Å². The van der Waals surface area contributed by atoms with Crippen LogP contribution in [0.25, 0.3) is 0 Å². The molecule has 0 fully saturated rings. The van der Waals surface area contributed by atoms with Crippen LogP contribution in [0.5, 0.6) is 0 Å². The third kappa shape index (κ3) is 9.72. The van der Waals surface area contributed by atoms with Crippen LogP contribution < -0.4 is 5.73 Å². The highest BCUT2D eigenvalue weighted by Gasteiger charge is 2.26. The van der Waals surface area contributed by atoms with Crippen molar-refractivity contribution < 1.29 is 19.4 Å². The predicted molar refractivity (Wildman–Crippen MR) is 83.1 cm³/mol. The average molecular weight is 307 g/mol. The highest BCUT2D eigenvalue weighted by molar-refractivity contribution is 7.99. The van der Waals surface area contributed by atoms with Crippen LogP contribution in [0.4, 0.5) is 0 Å². The van der Waals surface area contributed by atoms with Crippen molar-refractivity contribution in [1.29, 1.82) is 0 Å². The number of hydrogen-bond acceptors (Lipinski definition) is 6. The number of hydrogen-bond donors (Lipinski definition) is 2. The van der Waals surface area contributed by atoms with Crippen molar-refractivity contribution in [2.45, 2.75) is 39.3 Å². The molecule has 0 bridgehead atoms. The molecule has 0 aliphatic carbocycles. The maximum absolute atomic E-state index is 11.9. The van der Waals surface area contributed by atoms with Gasteiger partial charge in [-0.1, -0.05) is 20.8 Å². The van der Waals surface area contributed by atoms with Crippen molar-refractivity contribution >= 4 is 17.5 Å². The van der Waals surface area contributed by atoms with Crippen molar-refractivity contribution in [3.63, 3.8) is 0 Å². The van der Waals surface area contributed by atoms with E-state index in [2.05, 4.69) is 0 Å². The third-order valence-electron chi connectivity index (χ3n) is 2.70. The molecule has 0 aliphatic rings. The number of carbonyl (C=O) groups is 1. The molecule has 2 atom stereocenters.